The molecule has 1 saturated heterocycles. The van der Waals surface area contributed by atoms with Gasteiger partial charge in [-0.3, -0.25) is 0 Å². The average Bonchev–Trinajstić information content (AvgIpc) is 2.63. The van der Waals surface area contributed by atoms with E-state index in [4.69, 9.17) is 27.2 Å². The highest BCUT2D eigenvalue weighted by molar-refractivity contribution is 6.30. The third-order valence-electron chi connectivity index (χ3n) is 2.87. The van der Waals surface area contributed by atoms with Crippen LogP contribution in [0.5, 0.6) is 0 Å². The van der Waals surface area contributed by atoms with E-state index in [1.165, 1.54) is 0 Å². The van der Waals surface area contributed by atoms with Crippen molar-refractivity contribution in [1.29, 1.82) is 0 Å². The SMILES string of the molecule is Nc1cnn([C@@H]2O[C@H](CO)[C@H](O)C2(O)C#CCl)c(=O)n1. The van der Waals surface area contributed by atoms with Crippen LogP contribution in [0.25, 0.3) is 0 Å². The fraction of sp³-hybridized carbons (Fsp3) is 0.500. The molecular formula is C10H11ClN4O5. The fourth-order valence-electron chi connectivity index (χ4n) is 1.89. The van der Waals surface area contributed by atoms with Gasteiger partial charge in [-0.1, -0.05) is 0 Å². The van der Waals surface area contributed by atoms with Gasteiger partial charge in [0.1, 0.15) is 18.0 Å². The van der Waals surface area contributed by atoms with Gasteiger partial charge in [-0.15, -0.1) is 0 Å². The highest BCUT2D eigenvalue weighted by Gasteiger charge is 2.56. The first-order valence-electron chi connectivity index (χ1n) is 5.45. The van der Waals surface area contributed by atoms with Gasteiger partial charge >= 0.3 is 5.69 Å². The van der Waals surface area contributed by atoms with Crippen LogP contribution in [0, 0.1) is 11.3 Å². The summed E-state index contributed by atoms with van der Waals surface area (Å²) in [5.41, 5.74) is 2.18. The number of halogens is 1. The fourth-order valence-corrected chi connectivity index (χ4v) is 2.05. The molecule has 0 radical (unpaired) electrons. The molecule has 1 unspecified atom stereocenters. The van der Waals surface area contributed by atoms with Crippen LogP contribution in [0.15, 0.2) is 11.0 Å². The third-order valence-corrected chi connectivity index (χ3v) is 2.96. The van der Waals surface area contributed by atoms with Crippen molar-refractivity contribution in [2.75, 3.05) is 12.3 Å². The molecule has 2 rings (SSSR count). The molecule has 20 heavy (non-hydrogen) atoms. The van der Waals surface area contributed by atoms with E-state index in [1.807, 2.05) is 5.38 Å². The zero-order chi connectivity index (χ0) is 14.9. The predicted octanol–water partition coefficient (Wildman–Crippen LogP) is -2.60. The number of aliphatic hydroxyl groups is 3. The topological polar surface area (TPSA) is 144 Å². The predicted molar refractivity (Wildman–Crippen MR) is 66.3 cm³/mol. The van der Waals surface area contributed by atoms with Crippen LogP contribution in [0.4, 0.5) is 5.82 Å². The van der Waals surface area contributed by atoms with Crippen molar-refractivity contribution in [2.45, 2.75) is 24.0 Å². The molecule has 2 heterocycles. The monoisotopic (exact) mass is 302 g/mol. The van der Waals surface area contributed by atoms with Crippen molar-refractivity contribution in [3.05, 3.63) is 16.7 Å². The van der Waals surface area contributed by atoms with Gasteiger partial charge in [-0.05, 0) is 17.5 Å². The van der Waals surface area contributed by atoms with Crippen LogP contribution < -0.4 is 11.4 Å². The van der Waals surface area contributed by atoms with Gasteiger partial charge in [0.05, 0.1) is 12.8 Å². The second-order valence-electron chi connectivity index (χ2n) is 4.11. The molecule has 1 aromatic rings. The van der Waals surface area contributed by atoms with E-state index >= 15 is 0 Å². The Morgan fingerprint density at radius 1 is 1.65 bits per heavy atom. The van der Waals surface area contributed by atoms with E-state index in [1.54, 1.807) is 0 Å². The minimum Gasteiger partial charge on any atom is -0.394 e. The van der Waals surface area contributed by atoms with Gasteiger partial charge in [0.2, 0.25) is 5.60 Å². The Bertz CT molecular complexity index is 626. The van der Waals surface area contributed by atoms with Gasteiger partial charge < -0.3 is 25.8 Å². The summed E-state index contributed by atoms with van der Waals surface area (Å²) < 4.78 is 5.87. The van der Waals surface area contributed by atoms with Crippen LogP contribution in [-0.2, 0) is 4.74 Å². The molecule has 1 aromatic heterocycles. The number of hydrogen-bond acceptors (Lipinski definition) is 8. The van der Waals surface area contributed by atoms with Gasteiger partial charge in [-0.2, -0.15) is 14.8 Å². The first-order chi connectivity index (χ1) is 9.43. The van der Waals surface area contributed by atoms with Crippen molar-refractivity contribution in [2.24, 2.45) is 0 Å². The number of nitrogen functional groups attached to an aromatic ring is 1. The lowest BCUT2D eigenvalue weighted by atomic mass is 9.95. The van der Waals surface area contributed by atoms with Crippen LogP contribution in [0.2, 0.25) is 0 Å². The maximum absolute atomic E-state index is 11.7. The molecule has 0 bridgehead atoms. The number of aromatic nitrogens is 3. The molecular weight excluding hydrogens is 292 g/mol. The summed E-state index contributed by atoms with van der Waals surface area (Å²) in [4.78, 5) is 15.1. The zero-order valence-electron chi connectivity index (χ0n) is 9.97. The van der Waals surface area contributed by atoms with Crippen molar-refractivity contribution in [3.8, 4) is 11.3 Å². The zero-order valence-corrected chi connectivity index (χ0v) is 10.7. The summed E-state index contributed by atoms with van der Waals surface area (Å²) in [5, 5.41) is 35.0. The highest BCUT2D eigenvalue weighted by atomic mass is 35.5. The Morgan fingerprint density at radius 3 is 2.90 bits per heavy atom. The average molecular weight is 303 g/mol. The number of nitrogens with zero attached hydrogens (tertiary/aromatic N) is 3. The first-order valence-corrected chi connectivity index (χ1v) is 5.82. The Kier molecular flexibility index (Phi) is 3.94. The molecule has 4 atom stereocenters. The van der Waals surface area contributed by atoms with E-state index in [9.17, 15) is 15.0 Å². The molecule has 0 aliphatic carbocycles. The van der Waals surface area contributed by atoms with E-state index in [0.717, 1.165) is 6.20 Å². The molecule has 0 aromatic carbocycles. The van der Waals surface area contributed by atoms with E-state index in [-0.39, 0.29) is 5.82 Å². The van der Waals surface area contributed by atoms with Crippen LogP contribution in [0.1, 0.15) is 6.23 Å². The molecule has 0 amide bonds. The maximum atomic E-state index is 11.7. The summed E-state index contributed by atoms with van der Waals surface area (Å²) in [6, 6.07) is 0. The number of anilines is 1. The van der Waals surface area contributed by atoms with Gasteiger partial charge in [-0.25, -0.2) is 4.79 Å². The maximum Gasteiger partial charge on any atom is 0.368 e. The summed E-state index contributed by atoms with van der Waals surface area (Å²) in [6.07, 6.45) is -3.16. The third kappa shape index (κ3) is 2.24. The van der Waals surface area contributed by atoms with Gasteiger partial charge in [0, 0.05) is 5.38 Å². The molecule has 0 spiro atoms. The van der Waals surface area contributed by atoms with Crippen LogP contribution >= 0.6 is 11.6 Å². The number of ether oxygens (including phenoxy) is 1. The van der Waals surface area contributed by atoms with E-state index < -0.39 is 36.3 Å². The Hall–Kier alpha value is -1.70. The molecule has 5 N–H and O–H groups in total. The minimum absolute atomic E-state index is 0.115. The summed E-state index contributed by atoms with van der Waals surface area (Å²) in [5.74, 6) is 2.04. The van der Waals surface area contributed by atoms with E-state index in [2.05, 4.69) is 16.0 Å². The summed E-state index contributed by atoms with van der Waals surface area (Å²) >= 11 is 5.25. The van der Waals surface area contributed by atoms with Crippen LogP contribution in [-0.4, -0.2) is 54.5 Å². The van der Waals surface area contributed by atoms with Crippen LogP contribution in [0.3, 0.4) is 0 Å². The number of hydrogen-bond donors (Lipinski definition) is 4. The standard InChI is InChI=1S/C10H11ClN4O5/c11-2-1-10(19)7(17)5(4-16)20-8(10)15-9(18)14-6(12)3-13-15/h3,5,7-8,16-17,19H,4H2,(H2,12,14,18)/t5-,7+,8-,10?/m1/s1. The Morgan fingerprint density at radius 2 is 2.35 bits per heavy atom. The number of rotatable bonds is 2. The molecule has 0 saturated carbocycles. The Labute approximate surface area is 117 Å². The lowest BCUT2D eigenvalue weighted by molar-refractivity contribution is -0.0836. The van der Waals surface area contributed by atoms with Gasteiger partial charge in [0.15, 0.2) is 6.23 Å². The van der Waals surface area contributed by atoms with Crippen molar-refractivity contribution >= 4 is 17.4 Å². The summed E-state index contributed by atoms with van der Waals surface area (Å²) in [7, 11) is 0. The summed E-state index contributed by atoms with van der Waals surface area (Å²) in [6.45, 7) is -0.596. The highest BCUT2D eigenvalue weighted by Crippen LogP contribution is 2.36. The molecule has 1 fully saturated rings. The molecule has 1 aliphatic rings. The van der Waals surface area contributed by atoms with Crippen molar-refractivity contribution in [1.82, 2.24) is 14.8 Å². The second kappa shape index (κ2) is 5.35. The molecule has 108 valence electrons. The Balaban J connectivity index is 2.52. The number of aliphatic hydroxyl groups excluding tert-OH is 2. The lowest BCUT2D eigenvalue weighted by Gasteiger charge is -2.25. The molecule has 10 heteroatoms. The second-order valence-corrected chi connectivity index (χ2v) is 4.30. The normalized spacial score (nSPS) is 32.7. The quantitative estimate of drug-likeness (QED) is 0.435. The van der Waals surface area contributed by atoms with Crippen molar-refractivity contribution in [3.63, 3.8) is 0 Å². The largest absolute Gasteiger partial charge is 0.394 e. The van der Waals surface area contributed by atoms with E-state index in [0.29, 0.717) is 4.68 Å². The van der Waals surface area contributed by atoms with Gasteiger partial charge in [0.25, 0.3) is 0 Å². The first kappa shape index (κ1) is 14.7. The lowest BCUT2D eigenvalue weighted by Crippen LogP contribution is -2.48. The van der Waals surface area contributed by atoms with Crippen molar-refractivity contribution < 1.29 is 20.1 Å². The number of nitrogens with two attached hydrogens (primary N) is 1. The molecule has 1 aliphatic heterocycles. The molecule has 9 nitrogen and oxygen atoms in total. The smallest absolute Gasteiger partial charge is 0.368 e. The minimum atomic E-state index is -2.22.